The summed E-state index contributed by atoms with van der Waals surface area (Å²) >= 11 is 0. The molecule has 1 aromatic heterocycles. The Balaban J connectivity index is 1.40. The number of pyridine rings is 1. The number of nitrogens with zero attached hydrogens (tertiary/aromatic N) is 3. The summed E-state index contributed by atoms with van der Waals surface area (Å²) in [6, 6.07) is 12.4. The molecule has 1 N–H and O–H groups in total. The van der Waals surface area contributed by atoms with Crippen LogP contribution in [0.15, 0.2) is 48.7 Å². The number of aromatic nitrogens is 1. The van der Waals surface area contributed by atoms with E-state index in [1.807, 2.05) is 42.3 Å². The van der Waals surface area contributed by atoms with Gasteiger partial charge in [0.25, 0.3) is 0 Å². The molecule has 2 heterocycles. The van der Waals surface area contributed by atoms with Gasteiger partial charge < -0.3 is 10.2 Å². The van der Waals surface area contributed by atoms with Crippen LogP contribution in [-0.4, -0.2) is 53.5 Å². The van der Waals surface area contributed by atoms with Crippen LogP contribution < -0.4 is 5.32 Å². The molecule has 3 rings (SSSR count). The number of carbonyl (C=O) groups is 1. The van der Waals surface area contributed by atoms with Crippen LogP contribution in [0.2, 0.25) is 0 Å². The van der Waals surface area contributed by atoms with Crippen LogP contribution in [0.1, 0.15) is 22.4 Å². The molecular formula is C22H28N4O. The zero-order valence-electron chi connectivity index (χ0n) is 16.2. The zero-order valence-corrected chi connectivity index (χ0v) is 16.2. The van der Waals surface area contributed by atoms with Crippen molar-refractivity contribution in [2.75, 3.05) is 32.7 Å². The molecule has 142 valence electrons. The summed E-state index contributed by atoms with van der Waals surface area (Å²) in [4.78, 5) is 21.0. The third-order valence-electron chi connectivity index (χ3n) is 4.92. The number of nitrogens with one attached hydrogen (secondary N) is 1. The first-order valence-electron chi connectivity index (χ1n) is 9.50. The van der Waals surface area contributed by atoms with Crippen molar-refractivity contribution in [3.8, 4) is 0 Å². The summed E-state index contributed by atoms with van der Waals surface area (Å²) < 4.78 is 0. The fraction of sp³-hybridized carbons (Fsp3) is 0.364. The van der Waals surface area contributed by atoms with Crippen LogP contribution >= 0.6 is 0 Å². The number of amides is 2. The topological polar surface area (TPSA) is 48.5 Å². The van der Waals surface area contributed by atoms with Crippen LogP contribution in [0.25, 0.3) is 6.08 Å². The number of urea groups is 1. The number of piperazine rings is 1. The van der Waals surface area contributed by atoms with Crippen molar-refractivity contribution in [2.24, 2.45) is 0 Å². The maximum atomic E-state index is 12.4. The minimum Gasteiger partial charge on any atom is -0.334 e. The van der Waals surface area contributed by atoms with E-state index in [2.05, 4.69) is 46.4 Å². The molecule has 2 aromatic rings. The van der Waals surface area contributed by atoms with E-state index in [9.17, 15) is 4.79 Å². The molecule has 0 bridgehead atoms. The van der Waals surface area contributed by atoms with Crippen molar-refractivity contribution in [2.45, 2.75) is 20.4 Å². The van der Waals surface area contributed by atoms with Gasteiger partial charge in [-0.05, 0) is 36.6 Å². The summed E-state index contributed by atoms with van der Waals surface area (Å²) in [5.74, 6) is 0. The predicted octanol–water partition coefficient (Wildman–Crippen LogP) is 3.24. The van der Waals surface area contributed by atoms with Crippen LogP contribution in [-0.2, 0) is 6.54 Å². The Kier molecular flexibility index (Phi) is 6.60. The fourth-order valence-corrected chi connectivity index (χ4v) is 3.23. The number of aryl methyl sites for hydroxylation is 2. The summed E-state index contributed by atoms with van der Waals surface area (Å²) in [5, 5.41) is 3.02. The van der Waals surface area contributed by atoms with E-state index in [-0.39, 0.29) is 6.03 Å². The number of rotatable bonds is 5. The summed E-state index contributed by atoms with van der Waals surface area (Å²) in [5.41, 5.74) is 4.45. The normalized spacial score (nSPS) is 15.3. The van der Waals surface area contributed by atoms with Crippen molar-refractivity contribution >= 4 is 12.1 Å². The molecule has 0 radical (unpaired) electrons. The monoisotopic (exact) mass is 364 g/mol. The Morgan fingerprint density at radius 2 is 1.89 bits per heavy atom. The quantitative estimate of drug-likeness (QED) is 0.886. The van der Waals surface area contributed by atoms with Crippen molar-refractivity contribution < 1.29 is 4.79 Å². The minimum absolute atomic E-state index is 0.00875. The smallest absolute Gasteiger partial charge is 0.317 e. The number of carbonyl (C=O) groups excluding carboxylic acids is 1. The maximum absolute atomic E-state index is 12.4. The van der Waals surface area contributed by atoms with Crippen molar-refractivity contribution in [1.29, 1.82) is 0 Å². The molecule has 0 unspecified atom stereocenters. The second-order valence-electron chi connectivity index (χ2n) is 7.01. The number of benzene rings is 1. The van der Waals surface area contributed by atoms with Gasteiger partial charge in [0, 0.05) is 51.2 Å². The van der Waals surface area contributed by atoms with E-state index < -0.39 is 0 Å². The molecular weight excluding hydrogens is 336 g/mol. The Morgan fingerprint density at radius 1 is 1.15 bits per heavy atom. The Bertz CT molecular complexity index is 780. The number of hydrogen-bond donors (Lipinski definition) is 1. The lowest BCUT2D eigenvalue weighted by Crippen LogP contribution is -2.51. The molecule has 5 heteroatoms. The van der Waals surface area contributed by atoms with E-state index >= 15 is 0 Å². The lowest BCUT2D eigenvalue weighted by atomic mass is 10.1. The summed E-state index contributed by atoms with van der Waals surface area (Å²) in [6.45, 7) is 8.79. The second-order valence-corrected chi connectivity index (χ2v) is 7.01. The van der Waals surface area contributed by atoms with E-state index in [1.54, 1.807) is 0 Å². The van der Waals surface area contributed by atoms with Gasteiger partial charge in [0.2, 0.25) is 0 Å². The van der Waals surface area contributed by atoms with Crippen molar-refractivity contribution in [3.05, 3.63) is 71.1 Å². The summed E-state index contributed by atoms with van der Waals surface area (Å²) in [7, 11) is 0. The highest BCUT2D eigenvalue weighted by atomic mass is 16.2. The molecule has 0 spiro atoms. The largest absolute Gasteiger partial charge is 0.334 e. The summed E-state index contributed by atoms with van der Waals surface area (Å²) in [6.07, 6.45) is 6.19. The van der Waals surface area contributed by atoms with Crippen molar-refractivity contribution in [1.82, 2.24) is 20.1 Å². The third-order valence-corrected chi connectivity index (χ3v) is 4.92. The highest BCUT2D eigenvalue weighted by molar-refractivity contribution is 5.74. The molecule has 1 aliphatic heterocycles. The fourth-order valence-electron chi connectivity index (χ4n) is 3.23. The molecule has 1 fully saturated rings. The first-order valence-corrected chi connectivity index (χ1v) is 9.50. The first-order chi connectivity index (χ1) is 13.1. The maximum Gasteiger partial charge on any atom is 0.317 e. The molecule has 2 amide bonds. The molecule has 27 heavy (non-hydrogen) atoms. The molecule has 1 aliphatic rings. The SMILES string of the molecule is Cc1cc(C)c(CNC(=O)N2CCN(C/C=C/c3ccccc3)CC2)cn1. The predicted molar refractivity (Wildman–Crippen MR) is 109 cm³/mol. The van der Waals surface area contributed by atoms with Crippen LogP contribution in [0.3, 0.4) is 0 Å². The van der Waals surface area contributed by atoms with Gasteiger partial charge in [0.05, 0.1) is 0 Å². The number of hydrogen-bond acceptors (Lipinski definition) is 3. The Hall–Kier alpha value is -2.66. The molecule has 1 aromatic carbocycles. The standard InChI is InChI=1S/C22H28N4O/c1-18-15-19(2)23-16-21(18)17-24-22(27)26-13-11-25(12-14-26)10-6-9-20-7-4-3-5-8-20/h3-9,15-16H,10-14,17H2,1-2H3,(H,24,27)/b9-6+. The lowest BCUT2D eigenvalue weighted by Gasteiger charge is -2.34. The van der Waals surface area contributed by atoms with Crippen LogP contribution in [0, 0.1) is 13.8 Å². The molecule has 0 saturated carbocycles. The van der Waals surface area contributed by atoms with E-state index in [4.69, 9.17) is 0 Å². The van der Waals surface area contributed by atoms with E-state index in [0.29, 0.717) is 6.54 Å². The van der Waals surface area contributed by atoms with Gasteiger partial charge in [0.1, 0.15) is 0 Å². The Morgan fingerprint density at radius 3 is 2.59 bits per heavy atom. The highest BCUT2D eigenvalue weighted by Crippen LogP contribution is 2.09. The van der Waals surface area contributed by atoms with Gasteiger partial charge >= 0.3 is 6.03 Å². The van der Waals surface area contributed by atoms with Gasteiger partial charge in [-0.1, -0.05) is 42.5 Å². The van der Waals surface area contributed by atoms with Crippen LogP contribution in [0.5, 0.6) is 0 Å². The van der Waals surface area contributed by atoms with E-state index in [1.165, 1.54) is 5.56 Å². The van der Waals surface area contributed by atoms with Gasteiger partial charge in [-0.15, -0.1) is 0 Å². The third kappa shape index (κ3) is 5.66. The van der Waals surface area contributed by atoms with Gasteiger partial charge in [0.15, 0.2) is 0 Å². The Labute approximate surface area is 161 Å². The molecule has 0 atom stereocenters. The average Bonchev–Trinajstić information content (AvgIpc) is 2.68. The average molecular weight is 364 g/mol. The molecule has 0 aliphatic carbocycles. The molecule has 5 nitrogen and oxygen atoms in total. The van der Waals surface area contributed by atoms with Crippen molar-refractivity contribution in [3.63, 3.8) is 0 Å². The highest BCUT2D eigenvalue weighted by Gasteiger charge is 2.20. The van der Waals surface area contributed by atoms with E-state index in [0.717, 1.165) is 49.5 Å². The minimum atomic E-state index is 0.00875. The van der Waals surface area contributed by atoms with Gasteiger partial charge in [-0.2, -0.15) is 0 Å². The molecule has 1 saturated heterocycles. The first kappa shape index (κ1) is 19.1. The van der Waals surface area contributed by atoms with Crippen LogP contribution in [0.4, 0.5) is 4.79 Å². The lowest BCUT2D eigenvalue weighted by molar-refractivity contribution is 0.146. The van der Waals surface area contributed by atoms with Gasteiger partial charge in [-0.3, -0.25) is 9.88 Å². The van der Waals surface area contributed by atoms with Gasteiger partial charge in [-0.25, -0.2) is 4.79 Å². The second kappa shape index (κ2) is 9.33. The zero-order chi connectivity index (χ0) is 19.1.